The molecule has 0 aromatic rings. The minimum absolute atomic E-state index is 0.0214. The molecule has 0 aromatic heterocycles. The molecule has 0 saturated carbocycles. The minimum atomic E-state index is -0.662. The Labute approximate surface area is 476 Å². The predicted molar refractivity (Wildman–Crippen MR) is 333 cm³/mol. The maximum atomic E-state index is 12.5. The summed E-state index contributed by atoms with van der Waals surface area (Å²) in [5.41, 5.74) is 0. The van der Waals surface area contributed by atoms with E-state index in [9.17, 15) is 19.8 Å². The van der Waals surface area contributed by atoms with E-state index in [4.69, 9.17) is 4.74 Å². The molecule has 0 rings (SSSR count). The lowest BCUT2D eigenvalue weighted by molar-refractivity contribution is -0.143. The molecule has 452 valence electrons. The van der Waals surface area contributed by atoms with Crippen LogP contribution in [-0.2, 0) is 14.3 Å². The first-order chi connectivity index (χ1) is 37.5. The number of rotatable bonds is 66. The molecule has 0 aliphatic heterocycles. The van der Waals surface area contributed by atoms with Gasteiger partial charge in [0.1, 0.15) is 0 Å². The highest BCUT2D eigenvalue weighted by Crippen LogP contribution is 2.19. The highest BCUT2D eigenvalue weighted by atomic mass is 16.5. The summed E-state index contributed by atoms with van der Waals surface area (Å²) in [6.07, 6.45) is 81.2. The second kappa shape index (κ2) is 66.1. The number of aliphatic hydroxyl groups is 2. The Kier molecular flexibility index (Phi) is 64.9. The molecule has 0 fully saturated rings. The average molecular weight is 1070 g/mol. The summed E-state index contributed by atoms with van der Waals surface area (Å²) in [7, 11) is 0. The Morgan fingerprint density at radius 2 is 0.618 bits per heavy atom. The smallest absolute Gasteiger partial charge is 0.305 e. The molecule has 3 N–H and O–H groups in total. The molecule has 6 nitrogen and oxygen atoms in total. The molecule has 0 aliphatic carbocycles. The summed E-state index contributed by atoms with van der Waals surface area (Å²) in [5.74, 6) is -0.0105. The van der Waals surface area contributed by atoms with Gasteiger partial charge in [-0.25, -0.2) is 0 Å². The number of nitrogens with one attached hydrogen (secondary N) is 1. The van der Waals surface area contributed by atoms with E-state index in [0.29, 0.717) is 25.9 Å². The first-order valence-corrected chi connectivity index (χ1v) is 34.9. The van der Waals surface area contributed by atoms with Crippen molar-refractivity contribution in [3.8, 4) is 0 Å². The summed E-state index contributed by atoms with van der Waals surface area (Å²) < 4.78 is 5.51. The Bertz CT molecular complexity index is 1140. The molecule has 6 heteroatoms. The number of esters is 1. The van der Waals surface area contributed by atoms with E-state index in [1.807, 2.05) is 0 Å². The van der Waals surface area contributed by atoms with Crippen LogP contribution in [0.2, 0.25) is 0 Å². The molecule has 2 unspecified atom stereocenters. The fourth-order valence-corrected chi connectivity index (χ4v) is 11.2. The Morgan fingerprint density at radius 1 is 0.355 bits per heavy atom. The van der Waals surface area contributed by atoms with Gasteiger partial charge < -0.3 is 20.3 Å². The third-order valence-electron chi connectivity index (χ3n) is 16.6. The van der Waals surface area contributed by atoms with E-state index in [2.05, 4.69) is 31.3 Å². The molecule has 0 spiro atoms. The van der Waals surface area contributed by atoms with Crippen molar-refractivity contribution in [3.63, 3.8) is 0 Å². The monoisotopic (exact) mass is 1070 g/mol. The third-order valence-corrected chi connectivity index (χ3v) is 16.6. The average Bonchev–Trinajstić information content (AvgIpc) is 3.42. The maximum absolute atomic E-state index is 12.5. The van der Waals surface area contributed by atoms with E-state index in [-0.39, 0.29) is 18.5 Å². The molecule has 0 bridgehead atoms. The van der Waals surface area contributed by atoms with Gasteiger partial charge in [0.05, 0.1) is 25.4 Å². The van der Waals surface area contributed by atoms with Crippen molar-refractivity contribution in [2.45, 2.75) is 411 Å². The normalized spacial score (nSPS) is 12.5. The summed E-state index contributed by atoms with van der Waals surface area (Å²) in [4.78, 5) is 24.6. The van der Waals surface area contributed by atoms with Crippen molar-refractivity contribution in [2.24, 2.45) is 0 Å². The van der Waals surface area contributed by atoms with Crippen LogP contribution in [0.3, 0.4) is 0 Å². The van der Waals surface area contributed by atoms with Crippen molar-refractivity contribution >= 4 is 11.9 Å². The first kappa shape index (κ1) is 74.6. The lowest BCUT2D eigenvalue weighted by Gasteiger charge is -2.22. The van der Waals surface area contributed by atoms with Gasteiger partial charge in [-0.2, -0.15) is 0 Å². The van der Waals surface area contributed by atoms with E-state index in [1.54, 1.807) is 0 Å². The van der Waals surface area contributed by atoms with Crippen LogP contribution in [0.5, 0.6) is 0 Å². The number of ether oxygens (including phenoxy) is 1. The van der Waals surface area contributed by atoms with Gasteiger partial charge in [0.2, 0.25) is 5.91 Å². The molecular weight excluding hydrogens is 935 g/mol. The standard InChI is InChI=1S/C70H137NO5/c1-3-5-7-9-11-13-15-17-18-32-36-40-44-48-52-56-60-64-70(75)76-65-61-57-53-49-45-41-37-34-31-29-27-25-23-21-19-20-22-24-26-28-30-33-35-39-43-47-51-55-59-63-69(74)71-67(66-72)68(73)62-58-54-50-46-42-38-16-14-12-10-8-6-4-2/h19,21,67-68,72-73H,3-18,20,22-66H2,1-2H3,(H,71,74)/b21-19-. The lowest BCUT2D eigenvalue weighted by Crippen LogP contribution is -2.45. The van der Waals surface area contributed by atoms with Gasteiger partial charge in [-0.3, -0.25) is 9.59 Å². The van der Waals surface area contributed by atoms with E-state index in [0.717, 1.165) is 38.5 Å². The lowest BCUT2D eigenvalue weighted by atomic mass is 10.0. The number of allylic oxidation sites excluding steroid dienone is 2. The van der Waals surface area contributed by atoms with Gasteiger partial charge in [-0.1, -0.05) is 347 Å². The zero-order valence-electron chi connectivity index (χ0n) is 51.8. The van der Waals surface area contributed by atoms with Crippen LogP contribution < -0.4 is 5.32 Å². The molecule has 0 aromatic carbocycles. The fraction of sp³-hybridized carbons (Fsp3) is 0.943. The molecule has 1 amide bonds. The Morgan fingerprint density at radius 3 is 0.934 bits per heavy atom. The van der Waals surface area contributed by atoms with Crippen molar-refractivity contribution in [1.82, 2.24) is 5.32 Å². The molecule has 0 saturated heterocycles. The van der Waals surface area contributed by atoms with Crippen LogP contribution in [0.15, 0.2) is 12.2 Å². The number of carbonyl (C=O) groups is 2. The second-order valence-electron chi connectivity index (χ2n) is 24.2. The number of aliphatic hydroxyl groups excluding tert-OH is 2. The molecule has 0 aliphatic rings. The highest BCUT2D eigenvalue weighted by molar-refractivity contribution is 5.76. The number of hydrogen-bond acceptors (Lipinski definition) is 5. The molecule has 2 atom stereocenters. The number of hydrogen-bond donors (Lipinski definition) is 3. The van der Waals surface area contributed by atoms with Crippen molar-refractivity contribution in [3.05, 3.63) is 12.2 Å². The van der Waals surface area contributed by atoms with Gasteiger partial charge >= 0.3 is 5.97 Å². The summed E-state index contributed by atoms with van der Waals surface area (Å²) >= 11 is 0. The van der Waals surface area contributed by atoms with Gasteiger partial charge in [-0.15, -0.1) is 0 Å². The van der Waals surface area contributed by atoms with Crippen molar-refractivity contribution in [2.75, 3.05) is 13.2 Å². The molecular formula is C70H137NO5. The van der Waals surface area contributed by atoms with E-state index in [1.165, 1.54) is 327 Å². The van der Waals surface area contributed by atoms with Gasteiger partial charge in [-0.05, 0) is 51.4 Å². The number of amides is 1. The third kappa shape index (κ3) is 61.8. The number of carbonyl (C=O) groups excluding carboxylic acids is 2. The van der Waals surface area contributed by atoms with Crippen LogP contribution in [0, 0.1) is 0 Å². The van der Waals surface area contributed by atoms with Crippen LogP contribution >= 0.6 is 0 Å². The zero-order valence-corrected chi connectivity index (χ0v) is 51.8. The SMILES string of the molecule is CCCCCCCCCCCCCCCCCCCC(=O)OCCCCCCCCCCCCCC/C=C\CCCCCCCCCCCCCCCC(=O)NC(CO)C(O)CCCCCCCCCCCCCCC. The van der Waals surface area contributed by atoms with Crippen LogP contribution in [0.1, 0.15) is 399 Å². The quantitative estimate of drug-likeness (QED) is 0.0320. The van der Waals surface area contributed by atoms with E-state index < -0.39 is 12.1 Å². The van der Waals surface area contributed by atoms with Gasteiger partial charge in [0, 0.05) is 12.8 Å². The fourth-order valence-electron chi connectivity index (χ4n) is 11.2. The highest BCUT2D eigenvalue weighted by Gasteiger charge is 2.20. The van der Waals surface area contributed by atoms with Gasteiger partial charge in [0.25, 0.3) is 0 Å². The first-order valence-electron chi connectivity index (χ1n) is 34.9. The van der Waals surface area contributed by atoms with E-state index >= 15 is 0 Å². The van der Waals surface area contributed by atoms with Crippen LogP contribution in [0.25, 0.3) is 0 Å². The maximum Gasteiger partial charge on any atom is 0.305 e. The van der Waals surface area contributed by atoms with Crippen LogP contribution in [0.4, 0.5) is 0 Å². The summed E-state index contributed by atoms with van der Waals surface area (Å²) in [6, 6.07) is -0.539. The number of unbranched alkanes of at least 4 members (excludes halogenated alkanes) is 53. The van der Waals surface area contributed by atoms with Gasteiger partial charge in [0.15, 0.2) is 0 Å². The predicted octanol–water partition coefficient (Wildman–Crippen LogP) is 22.4. The van der Waals surface area contributed by atoms with Crippen molar-refractivity contribution < 1.29 is 24.5 Å². The molecule has 0 heterocycles. The summed E-state index contributed by atoms with van der Waals surface area (Å²) in [6.45, 7) is 4.99. The Hall–Kier alpha value is -1.40. The minimum Gasteiger partial charge on any atom is -0.466 e. The Balaban J connectivity index is 3.33. The largest absolute Gasteiger partial charge is 0.466 e. The molecule has 76 heavy (non-hydrogen) atoms. The van der Waals surface area contributed by atoms with Crippen molar-refractivity contribution in [1.29, 1.82) is 0 Å². The molecule has 0 radical (unpaired) electrons. The zero-order chi connectivity index (χ0) is 55.0. The topological polar surface area (TPSA) is 95.9 Å². The van der Waals surface area contributed by atoms with Crippen LogP contribution in [-0.4, -0.2) is 47.4 Å². The summed E-state index contributed by atoms with van der Waals surface area (Å²) in [5, 5.41) is 23.3. The second-order valence-corrected chi connectivity index (χ2v) is 24.2.